The first kappa shape index (κ1) is 9.52. The average Bonchev–Trinajstić information content (AvgIpc) is 1.94. The molecular formula is C6H3BrCl2OS. The number of rotatable bonds is 1. The molecule has 0 aromatic heterocycles. The molecule has 0 heterocycles. The summed E-state index contributed by atoms with van der Waals surface area (Å²) in [7, 11) is 3.87. The van der Waals surface area contributed by atoms with Gasteiger partial charge in [0.2, 0.25) is 0 Å². The highest BCUT2D eigenvalue weighted by Gasteiger charge is 2.02. The van der Waals surface area contributed by atoms with Gasteiger partial charge < -0.3 is 0 Å². The Bertz CT molecular complexity index is 303. The van der Waals surface area contributed by atoms with E-state index in [2.05, 4.69) is 15.9 Å². The Morgan fingerprint density at radius 3 is 2.55 bits per heavy atom. The fraction of sp³-hybridized carbons (Fsp3) is 0. The van der Waals surface area contributed by atoms with E-state index in [1.54, 1.807) is 18.2 Å². The van der Waals surface area contributed by atoms with Crippen LogP contribution >= 0.6 is 38.2 Å². The SMILES string of the molecule is O=S(Cl)c1ccc(Cl)c(Br)c1. The molecule has 0 N–H and O–H groups in total. The molecule has 0 saturated carbocycles. The topological polar surface area (TPSA) is 17.1 Å². The second-order valence-corrected chi connectivity index (χ2v) is 4.82. The number of hydrogen-bond acceptors (Lipinski definition) is 1. The van der Waals surface area contributed by atoms with Crippen LogP contribution in [0.2, 0.25) is 5.02 Å². The molecule has 0 spiro atoms. The Morgan fingerprint density at radius 2 is 2.09 bits per heavy atom. The predicted octanol–water partition coefficient (Wildman–Crippen LogP) is 3.36. The lowest BCUT2D eigenvalue weighted by molar-refractivity contribution is 0.691. The van der Waals surface area contributed by atoms with E-state index in [0.29, 0.717) is 14.4 Å². The van der Waals surface area contributed by atoms with Crippen LogP contribution in [0.5, 0.6) is 0 Å². The highest BCUT2D eigenvalue weighted by molar-refractivity contribution is 9.10. The van der Waals surface area contributed by atoms with E-state index in [9.17, 15) is 4.21 Å². The number of benzene rings is 1. The third-order valence-electron chi connectivity index (χ3n) is 1.08. The Morgan fingerprint density at radius 1 is 1.45 bits per heavy atom. The fourth-order valence-electron chi connectivity index (χ4n) is 0.577. The quantitative estimate of drug-likeness (QED) is 0.717. The highest BCUT2D eigenvalue weighted by atomic mass is 79.9. The van der Waals surface area contributed by atoms with Gasteiger partial charge in [0, 0.05) is 4.47 Å². The summed E-state index contributed by atoms with van der Waals surface area (Å²) in [4.78, 5) is 0.544. The smallest absolute Gasteiger partial charge is 0.147 e. The summed E-state index contributed by atoms with van der Waals surface area (Å²) in [6.45, 7) is 0. The minimum atomic E-state index is -1.46. The largest absolute Gasteiger partial charge is 0.237 e. The minimum Gasteiger partial charge on any atom is -0.237 e. The van der Waals surface area contributed by atoms with Crippen LogP contribution in [0.15, 0.2) is 27.6 Å². The molecule has 11 heavy (non-hydrogen) atoms. The van der Waals surface area contributed by atoms with Crippen molar-refractivity contribution in [3.8, 4) is 0 Å². The van der Waals surface area contributed by atoms with E-state index in [1.807, 2.05) is 0 Å². The normalized spacial score (nSPS) is 13.0. The van der Waals surface area contributed by atoms with Gasteiger partial charge in [-0.1, -0.05) is 11.6 Å². The van der Waals surface area contributed by atoms with E-state index in [0.717, 1.165) is 0 Å². The van der Waals surface area contributed by atoms with Gasteiger partial charge in [-0.2, -0.15) is 0 Å². The maximum atomic E-state index is 10.7. The molecule has 1 aromatic carbocycles. The standard InChI is InChI=1S/C6H3BrCl2OS/c7-5-3-4(11(9)10)1-2-6(5)8/h1-3H. The molecule has 1 nitrogen and oxygen atoms in total. The van der Waals surface area contributed by atoms with Crippen LogP contribution in [0, 0.1) is 0 Å². The third kappa shape index (κ3) is 2.44. The van der Waals surface area contributed by atoms with Crippen LogP contribution in [-0.4, -0.2) is 4.21 Å². The molecule has 1 atom stereocenters. The fourth-order valence-corrected chi connectivity index (χ4v) is 1.90. The van der Waals surface area contributed by atoms with Crippen molar-refractivity contribution in [2.24, 2.45) is 0 Å². The van der Waals surface area contributed by atoms with Crippen molar-refractivity contribution in [3.05, 3.63) is 27.7 Å². The van der Waals surface area contributed by atoms with Gasteiger partial charge in [0.1, 0.15) is 10.0 Å². The lowest BCUT2D eigenvalue weighted by Crippen LogP contribution is -1.80. The van der Waals surface area contributed by atoms with Gasteiger partial charge in [0.25, 0.3) is 0 Å². The van der Waals surface area contributed by atoms with Gasteiger partial charge >= 0.3 is 0 Å². The number of hydrogen-bond donors (Lipinski definition) is 0. The first-order chi connectivity index (χ1) is 5.11. The Hall–Kier alpha value is 0.430. The summed E-state index contributed by atoms with van der Waals surface area (Å²) >= 11 is 8.89. The van der Waals surface area contributed by atoms with Gasteiger partial charge in [-0.3, -0.25) is 0 Å². The second-order valence-electron chi connectivity index (χ2n) is 1.80. The van der Waals surface area contributed by atoms with Crippen LogP contribution in [0.25, 0.3) is 0 Å². The highest BCUT2D eigenvalue weighted by Crippen LogP contribution is 2.25. The van der Waals surface area contributed by atoms with E-state index in [1.165, 1.54) is 0 Å². The summed E-state index contributed by atoms with van der Waals surface area (Å²) in [6.07, 6.45) is 0. The summed E-state index contributed by atoms with van der Waals surface area (Å²) in [5.41, 5.74) is 0. The Balaban J connectivity index is 3.15. The van der Waals surface area contributed by atoms with Crippen LogP contribution < -0.4 is 0 Å². The molecule has 0 aliphatic rings. The zero-order valence-corrected chi connectivity index (χ0v) is 9.10. The Labute approximate surface area is 84.8 Å². The summed E-state index contributed by atoms with van der Waals surface area (Å²) in [5, 5.41) is 0.580. The van der Waals surface area contributed by atoms with Crippen molar-refractivity contribution in [1.29, 1.82) is 0 Å². The molecule has 0 saturated heterocycles. The van der Waals surface area contributed by atoms with Crippen LogP contribution in [0.4, 0.5) is 0 Å². The monoisotopic (exact) mass is 272 g/mol. The summed E-state index contributed by atoms with van der Waals surface area (Å²) < 4.78 is 11.4. The molecule has 0 radical (unpaired) electrons. The molecule has 1 rings (SSSR count). The van der Waals surface area contributed by atoms with Gasteiger partial charge in [-0.25, -0.2) is 4.21 Å². The first-order valence-corrected chi connectivity index (χ1v) is 5.79. The molecular weight excluding hydrogens is 271 g/mol. The van der Waals surface area contributed by atoms with E-state index in [4.69, 9.17) is 22.3 Å². The van der Waals surface area contributed by atoms with Crippen LogP contribution in [0.1, 0.15) is 0 Å². The van der Waals surface area contributed by atoms with Gasteiger partial charge in [-0.05, 0) is 44.8 Å². The first-order valence-electron chi connectivity index (χ1n) is 2.64. The van der Waals surface area contributed by atoms with Crippen molar-refractivity contribution in [2.75, 3.05) is 0 Å². The van der Waals surface area contributed by atoms with Gasteiger partial charge in [-0.15, -0.1) is 0 Å². The van der Waals surface area contributed by atoms with Crippen LogP contribution in [0.3, 0.4) is 0 Å². The van der Waals surface area contributed by atoms with Gasteiger partial charge in [0.05, 0.1) is 9.92 Å². The Kier molecular flexibility index (Phi) is 3.37. The molecule has 1 aromatic rings. The van der Waals surface area contributed by atoms with E-state index < -0.39 is 10.0 Å². The van der Waals surface area contributed by atoms with E-state index >= 15 is 0 Å². The maximum absolute atomic E-state index is 10.7. The zero-order chi connectivity index (χ0) is 8.43. The number of halogens is 3. The molecule has 0 aliphatic carbocycles. The molecule has 0 bridgehead atoms. The van der Waals surface area contributed by atoms with E-state index in [-0.39, 0.29) is 0 Å². The zero-order valence-electron chi connectivity index (χ0n) is 5.18. The molecule has 5 heteroatoms. The molecule has 0 amide bonds. The third-order valence-corrected chi connectivity index (χ3v) is 3.45. The van der Waals surface area contributed by atoms with Crippen molar-refractivity contribution in [2.45, 2.75) is 4.90 Å². The lowest BCUT2D eigenvalue weighted by Gasteiger charge is -1.96. The second kappa shape index (κ2) is 3.90. The lowest BCUT2D eigenvalue weighted by atomic mass is 10.4. The molecule has 0 fully saturated rings. The van der Waals surface area contributed by atoms with Crippen molar-refractivity contribution in [1.82, 2.24) is 0 Å². The van der Waals surface area contributed by atoms with Crippen molar-refractivity contribution < 1.29 is 4.21 Å². The molecule has 0 aliphatic heterocycles. The maximum Gasteiger partial charge on any atom is 0.147 e. The molecule has 1 unspecified atom stereocenters. The van der Waals surface area contributed by atoms with Crippen molar-refractivity contribution >= 4 is 48.2 Å². The molecule has 60 valence electrons. The van der Waals surface area contributed by atoms with Crippen molar-refractivity contribution in [3.63, 3.8) is 0 Å². The predicted molar refractivity (Wildman–Crippen MR) is 51.4 cm³/mol. The average molecular weight is 274 g/mol. The van der Waals surface area contributed by atoms with Crippen LogP contribution in [-0.2, 0) is 10.0 Å². The van der Waals surface area contributed by atoms with Gasteiger partial charge in [0.15, 0.2) is 0 Å². The minimum absolute atomic E-state index is 0.544. The summed E-state index contributed by atoms with van der Waals surface area (Å²) in [6, 6.07) is 4.89. The summed E-state index contributed by atoms with van der Waals surface area (Å²) in [5.74, 6) is 0.